The minimum absolute atomic E-state index is 0.243. The third-order valence-corrected chi connectivity index (χ3v) is 2.59. The van der Waals surface area contributed by atoms with Crippen molar-refractivity contribution >= 4 is 0 Å². The molecule has 19 heavy (non-hydrogen) atoms. The zero-order valence-electron chi connectivity index (χ0n) is 9.45. The van der Waals surface area contributed by atoms with E-state index in [2.05, 4.69) is 4.98 Å². The Balaban J connectivity index is 2.82. The van der Waals surface area contributed by atoms with Crippen molar-refractivity contribution in [3.63, 3.8) is 0 Å². The molecule has 0 amide bonds. The number of pyridine rings is 1. The van der Waals surface area contributed by atoms with Gasteiger partial charge in [0.05, 0.1) is 11.3 Å². The van der Waals surface area contributed by atoms with E-state index < -0.39 is 45.8 Å². The van der Waals surface area contributed by atoms with E-state index in [9.17, 15) is 26.7 Å². The van der Waals surface area contributed by atoms with Crippen molar-refractivity contribution in [2.24, 2.45) is 0 Å². The first-order chi connectivity index (χ1) is 8.84. The maximum Gasteiger partial charge on any atom is 0.200 e. The normalized spacial score (nSPS) is 10.8. The topological polar surface area (TPSA) is 32.9 Å². The van der Waals surface area contributed by atoms with Crippen LogP contribution in [0.3, 0.4) is 0 Å². The van der Waals surface area contributed by atoms with E-state index >= 15 is 0 Å². The van der Waals surface area contributed by atoms with Crippen LogP contribution in [0.1, 0.15) is 5.56 Å². The summed E-state index contributed by atoms with van der Waals surface area (Å²) in [5, 5.41) is 0. The number of aromatic amines is 1. The number of benzene rings is 1. The molecular weight excluding hydrogens is 269 g/mol. The average molecular weight is 275 g/mol. The van der Waals surface area contributed by atoms with Crippen LogP contribution >= 0.6 is 0 Å². The van der Waals surface area contributed by atoms with Gasteiger partial charge in [0.15, 0.2) is 28.7 Å². The molecule has 100 valence electrons. The highest BCUT2D eigenvalue weighted by Crippen LogP contribution is 2.29. The van der Waals surface area contributed by atoms with Crippen LogP contribution in [0.25, 0.3) is 11.3 Å². The summed E-state index contributed by atoms with van der Waals surface area (Å²) in [6.07, 6.45) is 1.12. The van der Waals surface area contributed by atoms with Gasteiger partial charge < -0.3 is 4.98 Å². The lowest BCUT2D eigenvalue weighted by molar-refractivity contribution is 0.381. The molecule has 2 nitrogen and oxygen atoms in total. The average Bonchev–Trinajstić information content (AvgIpc) is 2.38. The number of hydrogen-bond donors (Lipinski definition) is 1. The Bertz CT molecular complexity index is 694. The highest BCUT2D eigenvalue weighted by molar-refractivity contribution is 5.61. The molecule has 0 radical (unpaired) electrons. The smallest absolute Gasteiger partial charge is 0.200 e. The monoisotopic (exact) mass is 275 g/mol. The quantitative estimate of drug-likeness (QED) is 0.484. The van der Waals surface area contributed by atoms with Gasteiger partial charge in [-0.2, -0.15) is 0 Å². The maximum atomic E-state index is 13.5. The summed E-state index contributed by atoms with van der Waals surface area (Å²) in [6, 6.07) is 0.771. The summed E-state index contributed by atoms with van der Waals surface area (Å²) in [4.78, 5) is 13.7. The van der Waals surface area contributed by atoms with Crippen LogP contribution in [0.5, 0.6) is 0 Å². The number of halogens is 5. The molecule has 0 saturated heterocycles. The highest BCUT2D eigenvalue weighted by Gasteiger charge is 2.27. The Hall–Kier alpha value is -2.18. The van der Waals surface area contributed by atoms with Crippen molar-refractivity contribution in [2.45, 2.75) is 6.92 Å². The lowest BCUT2D eigenvalue weighted by Gasteiger charge is -2.08. The molecule has 0 fully saturated rings. The van der Waals surface area contributed by atoms with E-state index in [1.807, 2.05) is 0 Å². The molecule has 1 N–H and O–H groups in total. The molecule has 0 aliphatic heterocycles. The summed E-state index contributed by atoms with van der Waals surface area (Å²) in [6.45, 7) is 1.43. The van der Waals surface area contributed by atoms with Crippen LogP contribution in [0.2, 0.25) is 0 Å². The predicted octanol–water partition coefficient (Wildman–Crippen LogP) is 3.05. The van der Waals surface area contributed by atoms with E-state index in [0.717, 1.165) is 12.3 Å². The molecule has 0 spiro atoms. The Morgan fingerprint density at radius 3 is 1.84 bits per heavy atom. The first kappa shape index (κ1) is 13.3. The van der Waals surface area contributed by atoms with Gasteiger partial charge in [-0.1, -0.05) is 0 Å². The fourth-order valence-electron chi connectivity index (χ4n) is 1.53. The van der Waals surface area contributed by atoms with Crippen molar-refractivity contribution in [3.05, 3.63) is 57.1 Å². The molecule has 1 aromatic heterocycles. The van der Waals surface area contributed by atoms with Crippen LogP contribution in [-0.2, 0) is 0 Å². The number of aromatic nitrogens is 1. The molecule has 1 aromatic carbocycles. The maximum absolute atomic E-state index is 13.5. The van der Waals surface area contributed by atoms with Crippen molar-refractivity contribution < 1.29 is 22.0 Å². The highest BCUT2D eigenvalue weighted by atomic mass is 19.2. The Labute approximate surface area is 103 Å². The Morgan fingerprint density at radius 2 is 1.37 bits per heavy atom. The van der Waals surface area contributed by atoms with Crippen LogP contribution in [0, 0.1) is 36.0 Å². The van der Waals surface area contributed by atoms with Gasteiger partial charge in [-0.15, -0.1) is 0 Å². The van der Waals surface area contributed by atoms with Gasteiger partial charge in [0.1, 0.15) is 0 Å². The third-order valence-electron chi connectivity index (χ3n) is 2.59. The van der Waals surface area contributed by atoms with Crippen LogP contribution in [0.4, 0.5) is 22.0 Å². The largest absolute Gasteiger partial charge is 0.361 e. The predicted molar refractivity (Wildman–Crippen MR) is 57.0 cm³/mol. The molecule has 2 aromatic rings. The number of H-pyrrole nitrogens is 1. The van der Waals surface area contributed by atoms with Gasteiger partial charge in [-0.05, 0) is 6.92 Å². The van der Waals surface area contributed by atoms with Gasteiger partial charge in [0, 0.05) is 17.8 Å². The molecule has 0 aliphatic carbocycles. The van der Waals surface area contributed by atoms with E-state index in [-0.39, 0.29) is 5.56 Å². The summed E-state index contributed by atoms with van der Waals surface area (Å²) < 4.78 is 65.8. The summed E-state index contributed by atoms with van der Waals surface area (Å²) in [7, 11) is 0. The van der Waals surface area contributed by atoms with E-state index in [1.54, 1.807) is 0 Å². The second kappa shape index (κ2) is 4.49. The van der Waals surface area contributed by atoms with Crippen molar-refractivity contribution in [3.8, 4) is 11.3 Å². The zero-order valence-corrected chi connectivity index (χ0v) is 9.45. The standard InChI is InChI=1S/C12H6F5NO/c1-4-3-18-5(2-6(4)19)7-8(13)10(15)12(17)11(16)9(7)14/h2-3H,1H3,(H,18,19). The van der Waals surface area contributed by atoms with Crippen molar-refractivity contribution in [2.75, 3.05) is 0 Å². The lowest BCUT2D eigenvalue weighted by Crippen LogP contribution is -2.09. The van der Waals surface area contributed by atoms with Crippen LogP contribution in [0.15, 0.2) is 17.1 Å². The first-order valence-electron chi connectivity index (χ1n) is 5.05. The van der Waals surface area contributed by atoms with Crippen LogP contribution in [-0.4, -0.2) is 4.98 Å². The van der Waals surface area contributed by atoms with Crippen molar-refractivity contribution in [1.82, 2.24) is 4.98 Å². The minimum Gasteiger partial charge on any atom is -0.361 e. The summed E-state index contributed by atoms with van der Waals surface area (Å²) in [5.74, 6) is -10.3. The molecule has 0 unspecified atom stereocenters. The number of hydrogen-bond acceptors (Lipinski definition) is 1. The van der Waals surface area contributed by atoms with Gasteiger partial charge in [-0.25, -0.2) is 22.0 Å². The van der Waals surface area contributed by atoms with Crippen molar-refractivity contribution in [1.29, 1.82) is 0 Å². The first-order valence-corrected chi connectivity index (χ1v) is 5.05. The second-order valence-corrected chi connectivity index (χ2v) is 3.84. The summed E-state index contributed by atoms with van der Waals surface area (Å²) >= 11 is 0. The molecule has 1 heterocycles. The van der Waals surface area contributed by atoms with E-state index in [4.69, 9.17) is 0 Å². The fraction of sp³-hybridized carbons (Fsp3) is 0.0833. The number of aryl methyl sites for hydroxylation is 1. The fourth-order valence-corrected chi connectivity index (χ4v) is 1.53. The molecule has 0 bridgehead atoms. The molecule has 0 atom stereocenters. The van der Waals surface area contributed by atoms with E-state index in [1.165, 1.54) is 6.92 Å². The number of nitrogens with one attached hydrogen (secondary N) is 1. The SMILES string of the molecule is Cc1c[nH]c(-c2c(F)c(F)c(F)c(F)c2F)cc1=O. The number of rotatable bonds is 1. The lowest BCUT2D eigenvalue weighted by atomic mass is 10.1. The molecule has 7 heteroatoms. The van der Waals surface area contributed by atoms with Gasteiger partial charge in [-0.3, -0.25) is 4.79 Å². The molecule has 0 aliphatic rings. The zero-order chi connectivity index (χ0) is 14.3. The van der Waals surface area contributed by atoms with Gasteiger partial charge in [0.2, 0.25) is 5.82 Å². The Kier molecular flexibility index (Phi) is 3.13. The van der Waals surface area contributed by atoms with Crippen LogP contribution < -0.4 is 5.43 Å². The molecular formula is C12H6F5NO. The Morgan fingerprint density at radius 1 is 0.895 bits per heavy atom. The molecule has 0 saturated carbocycles. The second-order valence-electron chi connectivity index (χ2n) is 3.84. The van der Waals surface area contributed by atoms with E-state index in [0.29, 0.717) is 0 Å². The molecule has 2 rings (SSSR count). The summed E-state index contributed by atoms with van der Waals surface area (Å²) in [5.41, 5.74) is -1.98. The third kappa shape index (κ3) is 2.00. The van der Waals surface area contributed by atoms with Gasteiger partial charge >= 0.3 is 0 Å². The minimum atomic E-state index is -2.24. The van der Waals surface area contributed by atoms with Gasteiger partial charge in [0.25, 0.3) is 0 Å².